The lowest BCUT2D eigenvalue weighted by Gasteiger charge is -2.01. The fraction of sp³-hybridized carbons (Fsp3) is 0.333. The van der Waals surface area contributed by atoms with Crippen molar-refractivity contribution in [3.8, 4) is 0 Å². The fourth-order valence-corrected chi connectivity index (χ4v) is 1.78. The van der Waals surface area contributed by atoms with Crippen LogP contribution in [0.5, 0.6) is 0 Å². The third kappa shape index (κ3) is 10.8. The molecule has 1 aliphatic heterocycles. The van der Waals surface area contributed by atoms with Crippen molar-refractivity contribution < 1.29 is 18.8 Å². The van der Waals surface area contributed by atoms with Crippen LogP contribution in [0.3, 0.4) is 0 Å². The Hall–Kier alpha value is -1.46. The summed E-state index contributed by atoms with van der Waals surface area (Å²) in [6, 6.07) is 1.09. The first-order valence-electron chi connectivity index (χ1n) is 5.22. The van der Waals surface area contributed by atoms with Gasteiger partial charge in [0, 0.05) is 12.2 Å². The van der Waals surface area contributed by atoms with E-state index in [-0.39, 0.29) is 9.76 Å². The minimum atomic E-state index is -0.579. The predicted octanol–water partition coefficient (Wildman–Crippen LogP) is 1.28. The Kier molecular flexibility index (Phi) is 7.92. The molecule has 0 aromatic heterocycles. The molecular weight excluding hydrogens is 236 g/mol. The first-order chi connectivity index (χ1) is 7.91. The molecule has 94 valence electrons. The van der Waals surface area contributed by atoms with E-state index in [9.17, 15) is 9.59 Å². The molecule has 0 radical (unpaired) electrons. The molecule has 0 bridgehead atoms. The summed E-state index contributed by atoms with van der Waals surface area (Å²) >= 11 is 0. The Morgan fingerprint density at radius 2 is 1.76 bits per heavy atom. The Bertz CT molecular complexity index is 312. The van der Waals surface area contributed by atoms with Gasteiger partial charge in [0.25, 0.3) is 0 Å². The van der Waals surface area contributed by atoms with E-state index in [0.717, 1.165) is 30.4 Å². The molecule has 1 heterocycles. The molecule has 1 aliphatic rings. The van der Waals surface area contributed by atoms with E-state index in [0.29, 0.717) is 0 Å². The summed E-state index contributed by atoms with van der Waals surface area (Å²) in [6.07, 6.45) is 2.17. The van der Waals surface area contributed by atoms with Gasteiger partial charge in [0.05, 0.1) is 6.61 Å². The molecule has 1 rings (SSSR count). The molecule has 0 aromatic rings. The first kappa shape index (κ1) is 15.5. The van der Waals surface area contributed by atoms with E-state index < -0.39 is 11.9 Å². The second-order valence-corrected chi connectivity index (χ2v) is 5.11. The molecule has 5 heteroatoms. The maximum absolute atomic E-state index is 9.92. The smallest absolute Gasteiger partial charge is 0.338 e. The monoisotopic (exact) mass is 254 g/mol. The molecule has 0 amide bonds. The molecule has 0 N–H and O–H groups in total. The Balaban J connectivity index is 0.000000318. The number of allylic oxidation sites excluding steroid dienone is 1. The van der Waals surface area contributed by atoms with E-state index in [1.165, 1.54) is 5.57 Å². The number of ether oxygens (including phenoxy) is 1. The number of hydrogen-bond donors (Lipinski definition) is 0. The molecule has 0 fully saturated rings. The maximum Gasteiger partial charge on any atom is 0.338 e. The first-order valence-corrected chi connectivity index (χ1v) is 6.80. The average molecular weight is 254 g/mol. The van der Waals surface area contributed by atoms with Crippen LogP contribution in [0.1, 0.15) is 13.8 Å². The van der Waals surface area contributed by atoms with Crippen molar-refractivity contribution in [1.29, 1.82) is 0 Å². The van der Waals surface area contributed by atoms with Crippen LogP contribution in [-0.4, -0.2) is 28.3 Å². The summed E-state index contributed by atoms with van der Waals surface area (Å²) in [4.78, 5) is 19.8. The standard InChI is InChI=1S/C8H16OSi.C4H2O3/c1-7(2)5-9-10-6-8(3)4;5-3-1-2-4(6)7-3/h1,3,5-6,10H2,2,4H3;1-2H. The van der Waals surface area contributed by atoms with Gasteiger partial charge < -0.3 is 9.16 Å². The summed E-state index contributed by atoms with van der Waals surface area (Å²) in [5.41, 5.74) is 2.34. The number of rotatable bonds is 5. The van der Waals surface area contributed by atoms with Gasteiger partial charge in [0.1, 0.15) is 0 Å². The van der Waals surface area contributed by atoms with Crippen LogP contribution >= 0.6 is 0 Å². The van der Waals surface area contributed by atoms with Crippen LogP contribution in [0.15, 0.2) is 36.5 Å². The number of hydrogen-bond acceptors (Lipinski definition) is 4. The van der Waals surface area contributed by atoms with Crippen LogP contribution in [-0.2, 0) is 18.8 Å². The number of carbonyl (C=O) groups excluding carboxylic acids is 2. The molecule has 0 spiro atoms. The molecule has 0 saturated heterocycles. The van der Waals surface area contributed by atoms with Crippen molar-refractivity contribution >= 4 is 21.7 Å². The topological polar surface area (TPSA) is 52.6 Å². The highest BCUT2D eigenvalue weighted by molar-refractivity contribution is 6.28. The zero-order valence-corrected chi connectivity index (χ0v) is 11.7. The highest BCUT2D eigenvalue weighted by atomic mass is 28.2. The molecule has 0 unspecified atom stereocenters. The van der Waals surface area contributed by atoms with Gasteiger partial charge >= 0.3 is 11.9 Å². The van der Waals surface area contributed by atoms with E-state index in [4.69, 9.17) is 4.43 Å². The second kappa shape index (κ2) is 8.66. The van der Waals surface area contributed by atoms with Crippen molar-refractivity contribution in [3.63, 3.8) is 0 Å². The van der Waals surface area contributed by atoms with Crippen LogP contribution < -0.4 is 0 Å². The molecule has 17 heavy (non-hydrogen) atoms. The van der Waals surface area contributed by atoms with Crippen LogP contribution in [0.25, 0.3) is 0 Å². The third-order valence-corrected chi connectivity index (χ3v) is 3.13. The minimum Gasteiger partial charge on any atom is -0.420 e. The molecule has 0 aromatic carbocycles. The van der Waals surface area contributed by atoms with Crippen molar-refractivity contribution in [2.24, 2.45) is 0 Å². The highest BCUT2D eigenvalue weighted by Crippen LogP contribution is 1.96. The SMILES string of the molecule is C=C(C)CO[SiH2]CC(=C)C.O=C1C=CC(=O)O1. The van der Waals surface area contributed by atoms with Crippen molar-refractivity contribution in [2.45, 2.75) is 19.9 Å². The van der Waals surface area contributed by atoms with Gasteiger partial charge in [-0.2, -0.15) is 0 Å². The lowest BCUT2D eigenvalue weighted by atomic mass is 10.4. The number of cyclic esters (lactones) is 2. The lowest BCUT2D eigenvalue weighted by molar-refractivity contribution is -0.150. The zero-order chi connectivity index (χ0) is 13.3. The van der Waals surface area contributed by atoms with Crippen molar-refractivity contribution in [3.05, 3.63) is 36.5 Å². The third-order valence-electron chi connectivity index (χ3n) is 1.58. The average Bonchev–Trinajstić information content (AvgIpc) is 2.58. The van der Waals surface area contributed by atoms with Gasteiger partial charge in [-0.25, -0.2) is 9.59 Å². The number of esters is 2. The van der Waals surface area contributed by atoms with E-state index >= 15 is 0 Å². The van der Waals surface area contributed by atoms with Gasteiger partial charge in [-0.15, -0.1) is 6.58 Å². The van der Waals surface area contributed by atoms with E-state index in [1.54, 1.807) is 0 Å². The van der Waals surface area contributed by atoms with Crippen molar-refractivity contribution in [1.82, 2.24) is 0 Å². The molecule has 0 saturated carbocycles. The summed E-state index contributed by atoms with van der Waals surface area (Å²) < 4.78 is 9.36. The normalized spacial score (nSPS) is 13.5. The van der Waals surface area contributed by atoms with E-state index in [2.05, 4.69) is 17.9 Å². The summed E-state index contributed by atoms with van der Waals surface area (Å²) in [5, 5.41) is 0. The lowest BCUT2D eigenvalue weighted by Crippen LogP contribution is -2.00. The van der Waals surface area contributed by atoms with Crippen LogP contribution in [0, 0.1) is 0 Å². The molecule has 0 atom stereocenters. The summed E-state index contributed by atoms with van der Waals surface area (Å²) in [7, 11) is -0.339. The molecule has 0 aliphatic carbocycles. The van der Waals surface area contributed by atoms with Crippen LogP contribution in [0.4, 0.5) is 0 Å². The second-order valence-electron chi connectivity index (χ2n) is 3.79. The van der Waals surface area contributed by atoms with E-state index in [1.807, 2.05) is 13.8 Å². The highest BCUT2D eigenvalue weighted by Gasteiger charge is 2.10. The molecular formula is C12H18O4Si. The Labute approximate surface area is 104 Å². The van der Waals surface area contributed by atoms with Gasteiger partial charge in [-0.3, -0.25) is 0 Å². The predicted molar refractivity (Wildman–Crippen MR) is 69.2 cm³/mol. The van der Waals surface area contributed by atoms with Gasteiger partial charge in [0.2, 0.25) is 0 Å². The summed E-state index contributed by atoms with van der Waals surface area (Å²) in [5.74, 6) is -1.16. The van der Waals surface area contributed by atoms with Gasteiger partial charge in [-0.05, 0) is 19.9 Å². The van der Waals surface area contributed by atoms with Crippen LogP contribution in [0.2, 0.25) is 6.04 Å². The Morgan fingerprint density at radius 3 is 2.06 bits per heavy atom. The fourth-order valence-electron chi connectivity index (χ4n) is 0.796. The zero-order valence-electron chi connectivity index (χ0n) is 10.3. The van der Waals surface area contributed by atoms with Gasteiger partial charge in [-0.1, -0.05) is 17.7 Å². The largest absolute Gasteiger partial charge is 0.420 e. The minimum absolute atomic E-state index is 0.339. The number of carbonyl (C=O) groups is 2. The quantitative estimate of drug-likeness (QED) is 0.244. The summed E-state index contributed by atoms with van der Waals surface area (Å²) in [6.45, 7) is 12.3. The maximum atomic E-state index is 9.92. The van der Waals surface area contributed by atoms with Crippen molar-refractivity contribution in [2.75, 3.05) is 6.61 Å². The molecule has 4 nitrogen and oxygen atoms in total. The Morgan fingerprint density at radius 1 is 1.24 bits per heavy atom. The van der Waals surface area contributed by atoms with Gasteiger partial charge in [0.15, 0.2) is 9.76 Å².